The Balaban J connectivity index is 1.56. The summed E-state index contributed by atoms with van der Waals surface area (Å²) in [5, 5.41) is 1.70. The summed E-state index contributed by atoms with van der Waals surface area (Å²) in [6.45, 7) is 5.43. The number of carbonyl (C=O) groups excluding carboxylic acids is 1. The van der Waals surface area contributed by atoms with Crippen LogP contribution in [0, 0.1) is 5.92 Å². The molecule has 3 heterocycles. The quantitative estimate of drug-likeness (QED) is 0.740. The molecule has 0 aliphatic carbocycles. The number of hydrogen-bond donors (Lipinski definition) is 0. The summed E-state index contributed by atoms with van der Waals surface area (Å²) in [6, 6.07) is 4.39. The minimum absolute atomic E-state index is 0.219. The Morgan fingerprint density at radius 3 is 2.81 bits per heavy atom. The summed E-state index contributed by atoms with van der Waals surface area (Å²) in [6.07, 6.45) is 5.22. The van der Waals surface area contributed by atoms with E-state index >= 15 is 0 Å². The Morgan fingerprint density at radius 2 is 2.12 bits per heavy atom. The van der Waals surface area contributed by atoms with E-state index in [1.807, 2.05) is 0 Å². The molecule has 2 aliphatic rings. The normalized spacial score (nSPS) is 24.7. The molecule has 1 amide bonds. The Bertz CT molecular complexity index is 700. The topological polar surface area (TPSA) is 57.7 Å². The van der Waals surface area contributed by atoms with Crippen LogP contribution >= 0.6 is 11.3 Å². The minimum Gasteiger partial charge on any atom is -0.339 e. The zero-order valence-electron chi connectivity index (χ0n) is 15.8. The number of sulfonamides is 1. The molecule has 3 rings (SSSR count). The van der Waals surface area contributed by atoms with Crippen molar-refractivity contribution in [1.82, 2.24) is 9.21 Å². The fourth-order valence-electron chi connectivity index (χ4n) is 4.22. The molecule has 0 N–H and O–H groups in total. The van der Waals surface area contributed by atoms with Crippen LogP contribution in [-0.4, -0.2) is 54.5 Å². The number of aryl methyl sites for hydroxylation is 1. The minimum atomic E-state index is -3.20. The summed E-state index contributed by atoms with van der Waals surface area (Å²) in [5.41, 5.74) is 0. The van der Waals surface area contributed by atoms with Crippen LogP contribution in [0.5, 0.6) is 0 Å². The standard InChI is InChI=1S/C19H30N2O3S2/c1-15(2)26(23,24)20-12-10-18-16(14-20)6-4-11-21(18)19(22)9-3-7-17-8-5-13-25-17/h5,8,13,15-16,18H,3-4,6-7,9-12,14H2,1-2H3/t16-,18-/m1/s1. The number of likely N-dealkylation sites (tertiary alicyclic amines) is 1. The van der Waals surface area contributed by atoms with Crippen LogP contribution in [0.25, 0.3) is 0 Å². The molecule has 2 fully saturated rings. The van der Waals surface area contributed by atoms with Crippen molar-refractivity contribution in [3.63, 3.8) is 0 Å². The van der Waals surface area contributed by atoms with Crippen molar-refractivity contribution < 1.29 is 13.2 Å². The molecule has 0 saturated carbocycles. The van der Waals surface area contributed by atoms with Gasteiger partial charge in [0, 0.05) is 37.0 Å². The summed E-state index contributed by atoms with van der Waals surface area (Å²) in [7, 11) is -3.20. The number of amides is 1. The molecule has 26 heavy (non-hydrogen) atoms. The number of hydrogen-bond acceptors (Lipinski definition) is 4. The first-order chi connectivity index (χ1) is 12.4. The molecule has 0 spiro atoms. The number of nitrogens with zero attached hydrogens (tertiary/aromatic N) is 2. The molecule has 0 aromatic carbocycles. The third-order valence-corrected chi connectivity index (χ3v) is 8.88. The average Bonchev–Trinajstić information content (AvgIpc) is 3.13. The van der Waals surface area contributed by atoms with Crippen LogP contribution in [0.1, 0.15) is 50.8 Å². The van der Waals surface area contributed by atoms with Gasteiger partial charge in [-0.2, -0.15) is 0 Å². The number of piperidine rings is 2. The van der Waals surface area contributed by atoms with E-state index in [9.17, 15) is 13.2 Å². The van der Waals surface area contributed by atoms with Gasteiger partial charge in [-0.15, -0.1) is 11.3 Å². The zero-order chi connectivity index (χ0) is 18.7. The van der Waals surface area contributed by atoms with E-state index in [1.165, 1.54) is 4.88 Å². The van der Waals surface area contributed by atoms with Gasteiger partial charge in [-0.3, -0.25) is 4.79 Å². The van der Waals surface area contributed by atoms with E-state index in [-0.39, 0.29) is 23.1 Å². The SMILES string of the molecule is CC(C)S(=O)(=O)N1CC[C@@H]2[C@H](CCCN2C(=O)CCCc2cccs2)C1. The molecule has 2 saturated heterocycles. The van der Waals surface area contributed by atoms with Gasteiger partial charge in [0.1, 0.15) is 0 Å². The smallest absolute Gasteiger partial charge is 0.222 e. The second-order valence-electron chi connectivity index (χ2n) is 7.73. The van der Waals surface area contributed by atoms with Crippen LogP contribution in [-0.2, 0) is 21.2 Å². The van der Waals surface area contributed by atoms with Gasteiger partial charge in [-0.05, 0) is 63.3 Å². The highest BCUT2D eigenvalue weighted by molar-refractivity contribution is 7.89. The molecule has 0 radical (unpaired) electrons. The van der Waals surface area contributed by atoms with Gasteiger partial charge in [-0.1, -0.05) is 6.07 Å². The maximum atomic E-state index is 12.8. The largest absolute Gasteiger partial charge is 0.339 e. The first-order valence-corrected chi connectivity index (χ1v) is 12.1. The Kier molecular flexibility index (Phi) is 6.41. The second kappa shape index (κ2) is 8.40. The Labute approximate surface area is 161 Å². The van der Waals surface area contributed by atoms with Gasteiger partial charge < -0.3 is 4.90 Å². The van der Waals surface area contributed by atoms with Gasteiger partial charge in [0.25, 0.3) is 0 Å². The lowest BCUT2D eigenvalue weighted by molar-refractivity contribution is -0.137. The van der Waals surface area contributed by atoms with Crippen molar-refractivity contribution in [2.45, 2.75) is 63.7 Å². The lowest BCUT2D eigenvalue weighted by Crippen LogP contribution is -2.57. The molecule has 146 valence electrons. The van der Waals surface area contributed by atoms with E-state index in [4.69, 9.17) is 0 Å². The van der Waals surface area contributed by atoms with Gasteiger partial charge in [-0.25, -0.2) is 12.7 Å². The van der Waals surface area contributed by atoms with Gasteiger partial charge in [0.2, 0.25) is 15.9 Å². The second-order valence-corrected chi connectivity index (χ2v) is 11.3. The summed E-state index contributed by atoms with van der Waals surface area (Å²) in [4.78, 5) is 16.2. The maximum absolute atomic E-state index is 12.8. The summed E-state index contributed by atoms with van der Waals surface area (Å²) in [5.74, 6) is 0.531. The van der Waals surface area contributed by atoms with Crippen molar-refractivity contribution >= 4 is 27.3 Å². The van der Waals surface area contributed by atoms with Crippen LogP contribution in [0.4, 0.5) is 0 Å². The molecule has 7 heteroatoms. The molecular weight excluding hydrogens is 368 g/mol. The highest BCUT2D eigenvalue weighted by Gasteiger charge is 2.41. The summed E-state index contributed by atoms with van der Waals surface area (Å²) >= 11 is 1.75. The third kappa shape index (κ3) is 4.31. The molecule has 2 atom stereocenters. The average molecular weight is 399 g/mol. The van der Waals surface area contributed by atoms with Crippen LogP contribution in [0.3, 0.4) is 0 Å². The van der Waals surface area contributed by atoms with E-state index in [2.05, 4.69) is 22.4 Å². The van der Waals surface area contributed by atoms with Crippen LogP contribution in [0.2, 0.25) is 0 Å². The maximum Gasteiger partial charge on any atom is 0.222 e. The van der Waals surface area contributed by atoms with Crippen molar-refractivity contribution in [3.05, 3.63) is 22.4 Å². The first kappa shape index (κ1) is 19.8. The van der Waals surface area contributed by atoms with Gasteiger partial charge in [0.15, 0.2) is 0 Å². The molecule has 0 unspecified atom stereocenters. The monoisotopic (exact) mass is 398 g/mol. The zero-order valence-corrected chi connectivity index (χ0v) is 17.4. The molecule has 1 aromatic rings. The Morgan fingerprint density at radius 1 is 1.31 bits per heavy atom. The number of rotatable bonds is 6. The molecule has 2 aliphatic heterocycles. The fraction of sp³-hybridized carbons (Fsp3) is 0.737. The molecule has 1 aromatic heterocycles. The Hall–Kier alpha value is -0.920. The fourth-order valence-corrected chi connectivity index (χ4v) is 6.33. The predicted molar refractivity (Wildman–Crippen MR) is 106 cm³/mol. The van der Waals surface area contributed by atoms with E-state index in [0.717, 1.165) is 38.6 Å². The van der Waals surface area contributed by atoms with Crippen molar-refractivity contribution in [2.24, 2.45) is 5.92 Å². The van der Waals surface area contributed by atoms with Gasteiger partial charge in [0.05, 0.1) is 5.25 Å². The van der Waals surface area contributed by atoms with Crippen LogP contribution < -0.4 is 0 Å². The van der Waals surface area contributed by atoms with Crippen molar-refractivity contribution in [3.8, 4) is 0 Å². The summed E-state index contributed by atoms with van der Waals surface area (Å²) < 4.78 is 26.6. The first-order valence-electron chi connectivity index (χ1n) is 9.70. The lowest BCUT2D eigenvalue weighted by atomic mass is 9.84. The molecule has 5 nitrogen and oxygen atoms in total. The number of carbonyl (C=O) groups is 1. The molecular formula is C19H30N2O3S2. The van der Waals surface area contributed by atoms with E-state index in [1.54, 1.807) is 29.5 Å². The van der Waals surface area contributed by atoms with Crippen molar-refractivity contribution in [2.75, 3.05) is 19.6 Å². The molecule has 0 bridgehead atoms. The van der Waals surface area contributed by atoms with E-state index < -0.39 is 10.0 Å². The number of thiophene rings is 1. The number of fused-ring (bicyclic) bond motifs is 1. The highest BCUT2D eigenvalue weighted by atomic mass is 32.2. The van der Waals surface area contributed by atoms with Gasteiger partial charge >= 0.3 is 0 Å². The van der Waals surface area contributed by atoms with E-state index in [0.29, 0.717) is 19.5 Å². The predicted octanol–water partition coefficient (Wildman–Crippen LogP) is 3.12. The van der Waals surface area contributed by atoms with Crippen molar-refractivity contribution in [1.29, 1.82) is 0 Å². The third-order valence-electron chi connectivity index (χ3n) is 5.70. The highest BCUT2D eigenvalue weighted by Crippen LogP contribution is 2.33. The lowest BCUT2D eigenvalue weighted by Gasteiger charge is -2.47. The van der Waals surface area contributed by atoms with Crippen LogP contribution in [0.15, 0.2) is 17.5 Å².